The van der Waals surface area contributed by atoms with Crippen molar-refractivity contribution in [2.24, 2.45) is 5.92 Å². The lowest BCUT2D eigenvalue weighted by Crippen LogP contribution is -2.34. The summed E-state index contributed by atoms with van der Waals surface area (Å²) in [6.07, 6.45) is 2.52. The summed E-state index contributed by atoms with van der Waals surface area (Å²) in [7, 11) is -1.74. The molecular weight excluding hydrogens is 286 g/mol. The van der Waals surface area contributed by atoms with Gasteiger partial charge in [-0.25, -0.2) is 13.1 Å². The summed E-state index contributed by atoms with van der Waals surface area (Å²) in [5.74, 6) is 0.305. The third-order valence-corrected chi connectivity index (χ3v) is 5.32. The van der Waals surface area contributed by atoms with Crippen molar-refractivity contribution in [1.29, 1.82) is 0 Å². The minimum atomic E-state index is -3.46. The first-order valence-corrected chi connectivity index (χ1v) is 9.00. The molecule has 0 aromatic heterocycles. The Morgan fingerprint density at radius 1 is 1.24 bits per heavy atom. The number of nitrogens with one attached hydrogen (secondary N) is 2. The topological polar surface area (TPSA) is 61.4 Å². The number of hydrogen-bond acceptors (Lipinski definition) is 4. The van der Waals surface area contributed by atoms with Crippen LogP contribution in [-0.4, -0.2) is 46.5 Å². The largest absolute Gasteiger partial charge is 0.387 e. The second-order valence-corrected chi connectivity index (χ2v) is 7.45. The predicted octanol–water partition coefficient (Wildman–Crippen LogP) is 1.74. The molecule has 5 nitrogen and oxygen atoms in total. The monoisotopic (exact) mass is 311 g/mol. The van der Waals surface area contributed by atoms with Crippen LogP contribution in [0.4, 0.5) is 5.69 Å². The van der Waals surface area contributed by atoms with Crippen LogP contribution in [-0.2, 0) is 10.0 Å². The molecule has 0 saturated carbocycles. The van der Waals surface area contributed by atoms with Gasteiger partial charge >= 0.3 is 0 Å². The summed E-state index contributed by atoms with van der Waals surface area (Å²) in [6, 6.07) is 6.95. The standard InChI is InChI=1S/C15H25N3O2S/c1-13(12-18-9-5-6-10-18)11-17-21(19,20)15-8-4-3-7-14(15)16-2/h3-4,7-8,13,16-17H,5-6,9-12H2,1-2H3. The lowest BCUT2D eigenvalue weighted by Gasteiger charge is -2.20. The summed E-state index contributed by atoms with van der Waals surface area (Å²) in [5.41, 5.74) is 0.622. The number of anilines is 1. The highest BCUT2D eigenvalue weighted by Crippen LogP contribution is 2.20. The SMILES string of the molecule is CNc1ccccc1S(=O)(=O)NCC(C)CN1CCCC1. The summed E-state index contributed by atoms with van der Waals surface area (Å²) < 4.78 is 27.5. The quantitative estimate of drug-likeness (QED) is 0.805. The molecule has 2 rings (SSSR count). The highest BCUT2D eigenvalue weighted by molar-refractivity contribution is 7.89. The number of hydrogen-bond donors (Lipinski definition) is 2. The first kappa shape index (κ1) is 16.3. The van der Waals surface area contributed by atoms with Crippen LogP contribution in [0.5, 0.6) is 0 Å². The maximum Gasteiger partial charge on any atom is 0.242 e. The number of likely N-dealkylation sites (tertiary alicyclic amines) is 1. The molecule has 0 amide bonds. The second-order valence-electron chi connectivity index (χ2n) is 5.71. The van der Waals surface area contributed by atoms with Crippen LogP contribution in [0.2, 0.25) is 0 Å². The molecule has 1 fully saturated rings. The molecule has 6 heteroatoms. The average Bonchev–Trinajstić information content (AvgIpc) is 2.98. The van der Waals surface area contributed by atoms with Crippen LogP contribution >= 0.6 is 0 Å². The zero-order chi connectivity index (χ0) is 15.3. The van der Waals surface area contributed by atoms with Crippen LogP contribution in [0, 0.1) is 5.92 Å². The summed E-state index contributed by atoms with van der Waals surface area (Å²) in [6.45, 7) is 5.79. The number of benzene rings is 1. The van der Waals surface area contributed by atoms with Gasteiger partial charge in [0, 0.05) is 20.1 Å². The van der Waals surface area contributed by atoms with E-state index in [0.29, 0.717) is 23.0 Å². The van der Waals surface area contributed by atoms with E-state index in [1.54, 1.807) is 25.2 Å². The normalized spacial score (nSPS) is 17.8. The molecule has 0 radical (unpaired) electrons. The maximum atomic E-state index is 12.4. The van der Waals surface area contributed by atoms with Crippen molar-refractivity contribution in [2.45, 2.75) is 24.7 Å². The van der Waals surface area contributed by atoms with Gasteiger partial charge in [-0.15, -0.1) is 0 Å². The molecule has 0 spiro atoms. The van der Waals surface area contributed by atoms with E-state index in [1.807, 2.05) is 6.07 Å². The number of rotatable bonds is 7. The molecule has 1 unspecified atom stereocenters. The van der Waals surface area contributed by atoms with Crippen molar-refractivity contribution >= 4 is 15.7 Å². The number of nitrogens with zero attached hydrogens (tertiary/aromatic N) is 1. The molecule has 1 heterocycles. The fourth-order valence-corrected chi connectivity index (χ4v) is 4.08. The number of sulfonamides is 1. The smallest absolute Gasteiger partial charge is 0.242 e. The zero-order valence-electron chi connectivity index (χ0n) is 12.8. The maximum absolute atomic E-state index is 12.4. The van der Waals surface area contributed by atoms with Gasteiger partial charge in [-0.2, -0.15) is 0 Å². The first-order chi connectivity index (χ1) is 10.0. The minimum absolute atomic E-state index is 0.305. The Kier molecular flexibility index (Phi) is 5.61. The van der Waals surface area contributed by atoms with Gasteiger partial charge in [0.25, 0.3) is 0 Å². The third-order valence-electron chi connectivity index (χ3n) is 3.84. The Morgan fingerprint density at radius 2 is 1.90 bits per heavy atom. The van der Waals surface area contributed by atoms with Gasteiger partial charge in [-0.3, -0.25) is 0 Å². The van der Waals surface area contributed by atoms with E-state index in [4.69, 9.17) is 0 Å². The van der Waals surface area contributed by atoms with Crippen molar-refractivity contribution in [1.82, 2.24) is 9.62 Å². The van der Waals surface area contributed by atoms with Crippen molar-refractivity contribution in [2.75, 3.05) is 38.5 Å². The van der Waals surface area contributed by atoms with E-state index in [-0.39, 0.29) is 0 Å². The molecular formula is C15H25N3O2S. The average molecular weight is 311 g/mol. The predicted molar refractivity (Wildman–Crippen MR) is 86.0 cm³/mol. The molecule has 0 bridgehead atoms. The lowest BCUT2D eigenvalue weighted by molar-refractivity contribution is 0.288. The summed E-state index contributed by atoms with van der Waals surface area (Å²) in [4.78, 5) is 2.71. The third kappa shape index (κ3) is 4.43. The van der Waals surface area contributed by atoms with Crippen LogP contribution in [0.1, 0.15) is 19.8 Å². The van der Waals surface area contributed by atoms with Gasteiger partial charge in [-0.1, -0.05) is 19.1 Å². The van der Waals surface area contributed by atoms with E-state index in [2.05, 4.69) is 21.9 Å². The van der Waals surface area contributed by atoms with Crippen molar-refractivity contribution in [3.63, 3.8) is 0 Å². The van der Waals surface area contributed by atoms with Crippen LogP contribution in [0.3, 0.4) is 0 Å². The molecule has 118 valence electrons. The van der Waals surface area contributed by atoms with E-state index in [0.717, 1.165) is 19.6 Å². The minimum Gasteiger partial charge on any atom is -0.387 e. The highest BCUT2D eigenvalue weighted by atomic mass is 32.2. The second kappa shape index (κ2) is 7.24. The molecule has 1 saturated heterocycles. The molecule has 1 aromatic carbocycles. The Balaban J connectivity index is 1.94. The van der Waals surface area contributed by atoms with E-state index in [1.165, 1.54) is 12.8 Å². The Morgan fingerprint density at radius 3 is 2.57 bits per heavy atom. The molecule has 1 aromatic rings. The molecule has 21 heavy (non-hydrogen) atoms. The Hall–Kier alpha value is -1.11. The molecule has 1 aliphatic rings. The zero-order valence-corrected chi connectivity index (χ0v) is 13.6. The van der Waals surface area contributed by atoms with E-state index >= 15 is 0 Å². The van der Waals surface area contributed by atoms with Crippen molar-refractivity contribution < 1.29 is 8.42 Å². The summed E-state index contributed by atoms with van der Waals surface area (Å²) >= 11 is 0. The fraction of sp³-hybridized carbons (Fsp3) is 0.600. The first-order valence-electron chi connectivity index (χ1n) is 7.52. The molecule has 1 atom stereocenters. The number of para-hydroxylation sites is 1. The van der Waals surface area contributed by atoms with Gasteiger partial charge < -0.3 is 10.2 Å². The van der Waals surface area contributed by atoms with E-state index in [9.17, 15) is 8.42 Å². The van der Waals surface area contributed by atoms with Crippen LogP contribution in [0.15, 0.2) is 29.2 Å². The Labute approximate surface area is 127 Å². The van der Waals surface area contributed by atoms with Crippen molar-refractivity contribution in [3.8, 4) is 0 Å². The van der Waals surface area contributed by atoms with Gasteiger partial charge in [0.05, 0.1) is 5.69 Å². The van der Waals surface area contributed by atoms with Gasteiger partial charge in [-0.05, 0) is 44.0 Å². The van der Waals surface area contributed by atoms with Crippen LogP contribution < -0.4 is 10.0 Å². The van der Waals surface area contributed by atoms with Gasteiger partial charge in [0.15, 0.2) is 0 Å². The Bertz CT molecular complexity index is 554. The van der Waals surface area contributed by atoms with E-state index < -0.39 is 10.0 Å². The molecule has 0 aliphatic carbocycles. The van der Waals surface area contributed by atoms with Gasteiger partial charge in [0.2, 0.25) is 10.0 Å². The lowest BCUT2D eigenvalue weighted by atomic mass is 10.2. The van der Waals surface area contributed by atoms with Crippen molar-refractivity contribution in [3.05, 3.63) is 24.3 Å². The summed E-state index contributed by atoms with van der Waals surface area (Å²) in [5, 5.41) is 2.92. The molecule has 1 aliphatic heterocycles. The van der Waals surface area contributed by atoms with Crippen LogP contribution in [0.25, 0.3) is 0 Å². The fourth-order valence-electron chi connectivity index (χ4n) is 2.71. The molecule has 2 N–H and O–H groups in total. The van der Waals surface area contributed by atoms with Gasteiger partial charge in [0.1, 0.15) is 4.90 Å². The highest BCUT2D eigenvalue weighted by Gasteiger charge is 2.20.